The minimum atomic E-state index is -0.241. The zero-order valence-corrected chi connectivity index (χ0v) is 15.2. The van der Waals surface area contributed by atoms with Gasteiger partial charge >= 0.3 is 0 Å². The number of benzene rings is 2. The minimum Gasteiger partial charge on any atom is -0.493 e. The lowest BCUT2D eigenvalue weighted by Gasteiger charge is -2.15. The van der Waals surface area contributed by atoms with Crippen LogP contribution in [0.15, 0.2) is 36.4 Å². The van der Waals surface area contributed by atoms with E-state index >= 15 is 0 Å². The first-order chi connectivity index (χ1) is 11.4. The molecule has 6 heteroatoms. The van der Waals surface area contributed by atoms with Crippen molar-refractivity contribution in [2.45, 2.75) is 13.3 Å². The predicted molar refractivity (Wildman–Crippen MR) is 97.5 cm³/mol. The molecule has 0 aliphatic heterocycles. The Hall–Kier alpha value is -1.91. The maximum atomic E-state index is 12.4. The molecular weight excluding hydrogens is 349 g/mol. The van der Waals surface area contributed by atoms with Gasteiger partial charge in [0.05, 0.1) is 24.9 Å². The SMILES string of the molecule is COc1ccc(CC(C)C(=O)Nc2ccc(Cl)cc2Cl)cc1OC. The second kappa shape index (κ2) is 8.27. The number of carbonyl (C=O) groups is 1. The number of carbonyl (C=O) groups excluding carboxylic acids is 1. The van der Waals surface area contributed by atoms with Crippen molar-refractivity contribution in [3.8, 4) is 11.5 Å². The van der Waals surface area contributed by atoms with E-state index in [4.69, 9.17) is 32.7 Å². The van der Waals surface area contributed by atoms with Crippen LogP contribution in [0.4, 0.5) is 5.69 Å². The predicted octanol–water partition coefficient (Wildman–Crippen LogP) is 4.83. The monoisotopic (exact) mass is 367 g/mol. The highest BCUT2D eigenvalue weighted by atomic mass is 35.5. The van der Waals surface area contributed by atoms with Gasteiger partial charge in [0.15, 0.2) is 11.5 Å². The topological polar surface area (TPSA) is 47.6 Å². The Labute approximate surface area is 151 Å². The summed E-state index contributed by atoms with van der Waals surface area (Å²) < 4.78 is 10.5. The van der Waals surface area contributed by atoms with E-state index in [9.17, 15) is 4.79 Å². The summed E-state index contributed by atoms with van der Waals surface area (Å²) in [6.07, 6.45) is 0.567. The smallest absolute Gasteiger partial charge is 0.227 e. The molecule has 128 valence electrons. The van der Waals surface area contributed by atoms with Crippen LogP contribution in [0.2, 0.25) is 10.0 Å². The molecule has 0 aliphatic rings. The molecule has 24 heavy (non-hydrogen) atoms. The maximum absolute atomic E-state index is 12.4. The van der Waals surface area contributed by atoms with Gasteiger partial charge in [0.2, 0.25) is 5.91 Å². The molecule has 1 unspecified atom stereocenters. The van der Waals surface area contributed by atoms with Gasteiger partial charge in [-0.2, -0.15) is 0 Å². The molecule has 2 aromatic carbocycles. The Kier molecular flexibility index (Phi) is 6.35. The molecule has 0 saturated carbocycles. The lowest BCUT2D eigenvalue weighted by Crippen LogP contribution is -2.22. The van der Waals surface area contributed by atoms with Crippen molar-refractivity contribution in [3.05, 3.63) is 52.0 Å². The molecule has 4 nitrogen and oxygen atoms in total. The van der Waals surface area contributed by atoms with E-state index < -0.39 is 0 Å². The molecule has 0 bridgehead atoms. The summed E-state index contributed by atoms with van der Waals surface area (Å²) in [7, 11) is 3.17. The molecule has 2 rings (SSSR count). The van der Waals surface area contributed by atoms with Crippen LogP contribution in [0.1, 0.15) is 12.5 Å². The van der Waals surface area contributed by atoms with Crippen molar-refractivity contribution in [1.82, 2.24) is 0 Å². The summed E-state index contributed by atoms with van der Waals surface area (Å²) in [5.41, 5.74) is 1.53. The molecule has 2 aromatic rings. The van der Waals surface area contributed by atoms with Gasteiger partial charge in [-0.1, -0.05) is 36.2 Å². The Morgan fingerprint density at radius 2 is 1.79 bits per heavy atom. The number of hydrogen-bond donors (Lipinski definition) is 1. The number of anilines is 1. The van der Waals surface area contributed by atoms with Crippen LogP contribution in [-0.2, 0) is 11.2 Å². The summed E-state index contributed by atoms with van der Waals surface area (Å²) in [6.45, 7) is 1.86. The van der Waals surface area contributed by atoms with E-state index in [-0.39, 0.29) is 11.8 Å². The van der Waals surface area contributed by atoms with Crippen LogP contribution in [0.3, 0.4) is 0 Å². The number of nitrogens with one attached hydrogen (secondary N) is 1. The van der Waals surface area contributed by atoms with Gasteiger partial charge in [-0.15, -0.1) is 0 Å². The molecule has 0 aromatic heterocycles. The van der Waals surface area contributed by atoms with E-state index in [1.807, 2.05) is 25.1 Å². The van der Waals surface area contributed by atoms with Gasteiger partial charge in [0.25, 0.3) is 0 Å². The third kappa shape index (κ3) is 4.56. The van der Waals surface area contributed by atoms with E-state index in [1.165, 1.54) is 0 Å². The zero-order valence-electron chi connectivity index (χ0n) is 13.7. The second-order valence-corrected chi connectivity index (χ2v) is 6.25. The van der Waals surface area contributed by atoms with E-state index in [1.54, 1.807) is 32.4 Å². The van der Waals surface area contributed by atoms with E-state index in [0.717, 1.165) is 5.56 Å². The number of ether oxygens (including phenoxy) is 2. The van der Waals surface area contributed by atoms with Gasteiger partial charge in [-0.05, 0) is 42.3 Å². The number of hydrogen-bond acceptors (Lipinski definition) is 3. The third-order valence-electron chi connectivity index (χ3n) is 3.63. The molecule has 0 heterocycles. The molecule has 1 N–H and O–H groups in total. The molecule has 1 atom stereocenters. The minimum absolute atomic E-state index is 0.117. The van der Waals surface area contributed by atoms with E-state index in [0.29, 0.717) is 33.7 Å². The van der Waals surface area contributed by atoms with Gasteiger partial charge in [0, 0.05) is 10.9 Å². The zero-order chi connectivity index (χ0) is 17.7. The number of amides is 1. The first-order valence-electron chi connectivity index (χ1n) is 7.41. The first-order valence-corrected chi connectivity index (χ1v) is 8.17. The van der Waals surface area contributed by atoms with Crippen LogP contribution in [0.5, 0.6) is 11.5 Å². The Balaban J connectivity index is 2.06. The fourth-order valence-corrected chi connectivity index (χ4v) is 2.76. The van der Waals surface area contributed by atoms with Crippen LogP contribution in [-0.4, -0.2) is 20.1 Å². The largest absolute Gasteiger partial charge is 0.493 e. The quantitative estimate of drug-likeness (QED) is 0.795. The average molecular weight is 368 g/mol. The fourth-order valence-electron chi connectivity index (χ4n) is 2.30. The summed E-state index contributed by atoms with van der Waals surface area (Å²) >= 11 is 11.9. The highest BCUT2D eigenvalue weighted by Gasteiger charge is 2.16. The number of halogens is 2. The van der Waals surface area contributed by atoms with Crippen molar-refractivity contribution < 1.29 is 14.3 Å². The van der Waals surface area contributed by atoms with Crippen LogP contribution >= 0.6 is 23.2 Å². The molecule has 0 fully saturated rings. The molecular formula is C18H19Cl2NO3. The summed E-state index contributed by atoms with van der Waals surface area (Å²) in [6, 6.07) is 10.6. The molecule has 1 amide bonds. The van der Waals surface area contributed by atoms with Crippen LogP contribution < -0.4 is 14.8 Å². The highest BCUT2D eigenvalue weighted by Crippen LogP contribution is 2.29. The fraction of sp³-hybridized carbons (Fsp3) is 0.278. The Morgan fingerprint density at radius 3 is 2.42 bits per heavy atom. The van der Waals surface area contributed by atoms with Crippen molar-refractivity contribution in [2.24, 2.45) is 5.92 Å². The molecule has 0 radical (unpaired) electrons. The van der Waals surface area contributed by atoms with Gasteiger partial charge in [-0.3, -0.25) is 4.79 Å². The molecule has 0 aliphatic carbocycles. The highest BCUT2D eigenvalue weighted by molar-refractivity contribution is 6.36. The molecule has 0 spiro atoms. The Morgan fingerprint density at radius 1 is 1.08 bits per heavy atom. The van der Waals surface area contributed by atoms with Crippen molar-refractivity contribution in [1.29, 1.82) is 0 Å². The third-order valence-corrected chi connectivity index (χ3v) is 4.17. The first kappa shape index (κ1) is 18.4. The van der Waals surface area contributed by atoms with Gasteiger partial charge in [-0.25, -0.2) is 0 Å². The van der Waals surface area contributed by atoms with Crippen molar-refractivity contribution in [3.63, 3.8) is 0 Å². The normalized spacial score (nSPS) is 11.7. The lowest BCUT2D eigenvalue weighted by molar-refractivity contribution is -0.119. The Bertz CT molecular complexity index is 734. The molecule has 0 saturated heterocycles. The maximum Gasteiger partial charge on any atom is 0.227 e. The summed E-state index contributed by atoms with van der Waals surface area (Å²) in [5, 5.41) is 3.76. The number of methoxy groups -OCH3 is 2. The summed E-state index contributed by atoms with van der Waals surface area (Å²) in [5.74, 6) is 0.943. The van der Waals surface area contributed by atoms with Crippen LogP contribution in [0, 0.1) is 5.92 Å². The van der Waals surface area contributed by atoms with Crippen molar-refractivity contribution >= 4 is 34.8 Å². The van der Waals surface area contributed by atoms with E-state index in [2.05, 4.69) is 5.32 Å². The lowest BCUT2D eigenvalue weighted by atomic mass is 10.00. The average Bonchev–Trinajstić information content (AvgIpc) is 2.57. The standard InChI is InChI=1S/C18H19Cl2NO3/c1-11(8-12-4-7-16(23-2)17(9-12)24-3)18(22)21-15-6-5-13(19)10-14(15)20/h4-7,9-11H,8H2,1-3H3,(H,21,22). The number of rotatable bonds is 6. The van der Waals surface area contributed by atoms with Gasteiger partial charge in [0.1, 0.15) is 0 Å². The van der Waals surface area contributed by atoms with Crippen LogP contribution in [0.25, 0.3) is 0 Å². The summed E-state index contributed by atoms with van der Waals surface area (Å²) in [4.78, 5) is 12.4. The van der Waals surface area contributed by atoms with Crippen molar-refractivity contribution in [2.75, 3.05) is 19.5 Å². The van der Waals surface area contributed by atoms with Gasteiger partial charge < -0.3 is 14.8 Å². The second-order valence-electron chi connectivity index (χ2n) is 5.41.